The summed E-state index contributed by atoms with van der Waals surface area (Å²) in [5, 5.41) is 12.3. The fraction of sp³-hybridized carbons (Fsp3) is 0.500. The lowest BCUT2D eigenvalue weighted by atomic mass is 9.89. The molecule has 3 rings (SSSR count). The minimum Gasteiger partial charge on any atom is -0.373 e. The number of carbonyl (C=O) groups is 1. The van der Waals surface area contributed by atoms with Gasteiger partial charge in [-0.05, 0) is 24.1 Å². The van der Waals surface area contributed by atoms with Crippen molar-refractivity contribution >= 4 is 11.6 Å². The van der Waals surface area contributed by atoms with E-state index in [2.05, 4.69) is 5.32 Å². The van der Waals surface area contributed by atoms with E-state index in [1.165, 1.54) is 6.07 Å². The van der Waals surface area contributed by atoms with Crippen molar-refractivity contribution in [2.75, 3.05) is 18.0 Å². The zero-order valence-electron chi connectivity index (χ0n) is 11.1. The number of nitrogens with one attached hydrogen (secondary N) is 1. The topological polar surface area (TPSA) is 78.6 Å². The molecule has 0 aliphatic carbocycles. The van der Waals surface area contributed by atoms with Crippen LogP contribution in [0, 0.1) is 5.82 Å². The Bertz CT molecular complexity index is 531. The van der Waals surface area contributed by atoms with Gasteiger partial charge in [0.2, 0.25) is 5.91 Å². The number of carbonyl (C=O) groups excluding carboxylic acids is 1. The number of amides is 1. The monoisotopic (exact) mass is 279 g/mol. The molecule has 1 aromatic carbocycles. The molecule has 2 heterocycles. The number of hydrogen-bond donors (Lipinski definition) is 3. The molecule has 0 bridgehead atoms. The first-order valence-corrected chi connectivity index (χ1v) is 6.82. The van der Waals surface area contributed by atoms with Crippen LogP contribution in [0.4, 0.5) is 10.1 Å². The zero-order chi connectivity index (χ0) is 14.3. The molecule has 4 N–H and O–H groups in total. The van der Waals surface area contributed by atoms with E-state index in [0.29, 0.717) is 18.4 Å². The summed E-state index contributed by atoms with van der Waals surface area (Å²) in [7, 11) is 0. The van der Waals surface area contributed by atoms with E-state index in [1.54, 1.807) is 6.07 Å². The Morgan fingerprint density at radius 3 is 2.75 bits per heavy atom. The van der Waals surface area contributed by atoms with Crippen LogP contribution in [-0.4, -0.2) is 36.4 Å². The van der Waals surface area contributed by atoms with E-state index in [1.807, 2.05) is 11.0 Å². The second kappa shape index (κ2) is 5.03. The lowest BCUT2D eigenvalue weighted by Crippen LogP contribution is -2.55. The number of piperidine rings is 1. The molecule has 2 atom stereocenters. The fourth-order valence-corrected chi connectivity index (χ4v) is 2.84. The minimum atomic E-state index is -1.02. The van der Waals surface area contributed by atoms with Gasteiger partial charge in [0.1, 0.15) is 12.0 Å². The SMILES string of the molecule is NC1CN(c2ccc(C3CCC(=O)NC3O)c(F)c2)C1. The quantitative estimate of drug-likeness (QED) is 0.727. The van der Waals surface area contributed by atoms with Crippen molar-refractivity contribution < 1.29 is 14.3 Å². The standard InChI is InChI=1S/C14H18FN3O2/c15-12-5-9(18-6-8(16)7-18)1-2-10(12)11-3-4-13(19)17-14(11)20/h1-2,5,8,11,14,20H,3-4,6-7,16H2,(H,17,19). The van der Waals surface area contributed by atoms with Gasteiger partial charge in [0.05, 0.1) is 0 Å². The van der Waals surface area contributed by atoms with Gasteiger partial charge in [-0.15, -0.1) is 0 Å². The maximum atomic E-state index is 14.2. The largest absolute Gasteiger partial charge is 0.373 e. The Balaban J connectivity index is 1.79. The Morgan fingerprint density at radius 2 is 2.15 bits per heavy atom. The number of halogens is 1. The normalized spacial score (nSPS) is 27.1. The van der Waals surface area contributed by atoms with Gasteiger partial charge in [0, 0.05) is 37.2 Å². The van der Waals surface area contributed by atoms with Crippen LogP contribution in [0.25, 0.3) is 0 Å². The number of benzene rings is 1. The molecule has 1 aromatic rings. The zero-order valence-corrected chi connectivity index (χ0v) is 11.1. The van der Waals surface area contributed by atoms with Crippen LogP contribution in [0.3, 0.4) is 0 Å². The molecule has 2 aliphatic heterocycles. The summed E-state index contributed by atoms with van der Waals surface area (Å²) in [6.07, 6.45) is -0.254. The highest BCUT2D eigenvalue weighted by Crippen LogP contribution is 2.32. The Hall–Kier alpha value is -1.66. The van der Waals surface area contributed by atoms with Gasteiger partial charge in [-0.3, -0.25) is 4.79 Å². The predicted molar refractivity (Wildman–Crippen MR) is 72.7 cm³/mol. The summed E-state index contributed by atoms with van der Waals surface area (Å²) in [5.41, 5.74) is 6.97. The van der Waals surface area contributed by atoms with Crippen molar-refractivity contribution in [3.8, 4) is 0 Å². The van der Waals surface area contributed by atoms with Crippen LogP contribution in [-0.2, 0) is 4.79 Å². The van der Waals surface area contributed by atoms with Crippen LogP contribution in [0.1, 0.15) is 24.3 Å². The number of nitrogens with zero attached hydrogens (tertiary/aromatic N) is 1. The molecular weight excluding hydrogens is 261 g/mol. The molecule has 108 valence electrons. The van der Waals surface area contributed by atoms with E-state index >= 15 is 0 Å². The Morgan fingerprint density at radius 1 is 1.40 bits per heavy atom. The number of hydrogen-bond acceptors (Lipinski definition) is 4. The lowest BCUT2D eigenvalue weighted by molar-refractivity contribution is -0.127. The average molecular weight is 279 g/mol. The first-order valence-electron chi connectivity index (χ1n) is 6.82. The molecule has 6 heteroatoms. The van der Waals surface area contributed by atoms with Gasteiger partial charge >= 0.3 is 0 Å². The van der Waals surface area contributed by atoms with Crippen molar-refractivity contribution in [1.82, 2.24) is 5.32 Å². The second-order valence-corrected chi connectivity index (χ2v) is 5.53. The van der Waals surface area contributed by atoms with Crippen LogP contribution in [0.15, 0.2) is 18.2 Å². The third-order valence-corrected chi connectivity index (χ3v) is 4.03. The van der Waals surface area contributed by atoms with Gasteiger partial charge < -0.3 is 21.1 Å². The summed E-state index contributed by atoms with van der Waals surface area (Å²) in [4.78, 5) is 13.2. The van der Waals surface area contributed by atoms with Crippen molar-refractivity contribution in [3.05, 3.63) is 29.6 Å². The summed E-state index contributed by atoms with van der Waals surface area (Å²) in [6.45, 7) is 1.47. The van der Waals surface area contributed by atoms with E-state index < -0.39 is 6.23 Å². The van der Waals surface area contributed by atoms with Crippen LogP contribution in [0.2, 0.25) is 0 Å². The Labute approximate surface area is 116 Å². The molecule has 2 unspecified atom stereocenters. The van der Waals surface area contributed by atoms with Crippen LogP contribution >= 0.6 is 0 Å². The van der Waals surface area contributed by atoms with E-state index in [0.717, 1.165) is 18.8 Å². The lowest BCUT2D eigenvalue weighted by Gasteiger charge is -2.39. The van der Waals surface area contributed by atoms with Gasteiger partial charge in [0.15, 0.2) is 0 Å². The minimum absolute atomic E-state index is 0.160. The Kier molecular flexibility index (Phi) is 3.35. The van der Waals surface area contributed by atoms with Crippen molar-refractivity contribution in [2.45, 2.75) is 31.0 Å². The van der Waals surface area contributed by atoms with Gasteiger partial charge in [-0.25, -0.2) is 4.39 Å². The second-order valence-electron chi connectivity index (χ2n) is 5.53. The molecule has 2 aliphatic rings. The molecule has 0 aromatic heterocycles. The predicted octanol–water partition coefficient (Wildman–Crippen LogP) is 0.285. The number of aliphatic hydroxyl groups is 1. The maximum absolute atomic E-state index is 14.2. The molecule has 0 spiro atoms. The summed E-state index contributed by atoms with van der Waals surface area (Å²) < 4.78 is 14.2. The maximum Gasteiger partial charge on any atom is 0.222 e. The fourth-order valence-electron chi connectivity index (χ4n) is 2.84. The average Bonchev–Trinajstić information content (AvgIpc) is 2.36. The number of anilines is 1. The van der Waals surface area contributed by atoms with Crippen LogP contribution in [0.5, 0.6) is 0 Å². The number of nitrogens with two attached hydrogens (primary N) is 1. The van der Waals surface area contributed by atoms with Crippen molar-refractivity contribution in [3.63, 3.8) is 0 Å². The van der Waals surface area contributed by atoms with Gasteiger partial charge in [-0.2, -0.15) is 0 Å². The summed E-state index contributed by atoms with van der Waals surface area (Å²) >= 11 is 0. The van der Waals surface area contributed by atoms with E-state index in [4.69, 9.17) is 5.73 Å². The molecular formula is C14H18FN3O2. The third kappa shape index (κ3) is 2.36. The van der Waals surface area contributed by atoms with Gasteiger partial charge in [0.25, 0.3) is 0 Å². The first-order chi connectivity index (χ1) is 9.54. The molecule has 2 fully saturated rings. The molecule has 2 saturated heterocycles. The number of aliphatic hydroxyl groups excluding tert-OH is 1. The van der Waals surface area contributed by atoms with Crippen molar-refractivity contribution in [1.29, 1.82) is 0 Å². The summed E-state index contributed by atoms with van der Waals surface area (Å²) in [5.74, 6) is -0.927. The summed E-state index contributed by atoms with van der Waals surface area (Å²) in [6, 6.07) is 5.17. The molecule has 5 nitrogen and oxygen atoms in total. The highest BCUT2D eigenvalue weighted by Gasteiger charge is 2.31. The van der Waals surface area contributed by atoms with E-state index in [-0.39, 0.29) is 23.7 Å². The molecule has 0 saturated carbocycles. The first kappa shape index (κ1) is 13.3. The number of rotatable bonds is 2. The molecule has 20 heavy (non-hydrogen) atoms. The molecule has 0 radical (unpaired) electrons. The van der Waals surface area contributed by atoms with Crippen LogP contribution < -0.4 is 16.0 Å². The van der Waals surface area contributed by atoms with E-state index in [9.17, 15) is 14.3 Å². The smallest absolute Gasteiger partial charge is 0.222 e. The third-order valence-electron chi connectivity index (χ3n) is 4.03. The van der Waals surface area contributed by atoms with Crippen molar-refractivity contribution in [2.24, 2.45) is 5.73 Å². The highest BCUT2D eigenvalue weighted by molar-refractivity contribution is 5.77. The molecule has 1 amide bonds. The highest BCUT2D eigenvalue weighted by atomic mass is 19.1. The van der Waals surface area contributed by atoms with Gasteiger partial charge in [-0.1, -0.05) is 6.07 Å².